The summed E-state index contributed by atoms with van der Waals surface area (Å²) in [5.74, 6) is 2.13. The van der Waals surface area contributed by atoms with Gasteiger partial charge in [0, 0.05) is 0 Å². The number of halogens is 2. The molecule has 2 aromatic carbocycles. The Morgan fingerprint density at radius 3 is 1.25 bits per heavy atom. The fourth-order valence-corrected chi connectivity index (χ4v) is 28.9. The second-order valence-electron chi connectivity index (χ2n) is 19.6. The van der Waals surface area contributed by atoms with Gasteiger partial charge in [0.25, 0.3) is 0 Å². The normalized spacial score (nSPS) is 27.4. The predicted molar refractivity (Wildman–Crippen MR) is 238 cm³/mol. The first-order chi connectivity index (χ1) is 25.6. The van der Waals surface area contributed by atoms with E-state index in [1.165, 1.54) is 44.6 Å². The van der Waals surface area contributed by atoms with Gasteiger partial charge in [-0.1, -0.05) is 0 Å². The Morgan fingerprint density at radius 2 is 0.927 bits per heavy atom. The Kier molecular flexibility index (Phi) is 10.4. The Labute approximate surface area is 345 Å². The quantitative estimate of drug-likeness (QED) is 0.269. The Bertz CT molecular complexity index is 1980. The van der Waals surface area contributed by atoms with Crippen molar-refractivity contribution in [3.63, 3.8) is 0 Å². The van der Waals surface area contributed by atoms with E-state index in [-0.39, 0.29) is 28.2 Å². The summed E-state index contributed by atoms with van der Waals surface area (Å²) >= 11 is -4.30. The molecule has 2 nitrogen and oxygen atoms in total. The molecule has 7 rings (SSSR count). The molecule has 290 valence electrons. The first-order valence-electron chi connectivity index (χ1n) is 20.1. The number of rotatable bonds is 6. The minimum absolute atomic E-state index is 0.109. The van der Waals surface area contributed by atoms with E-state index in [9.17, 15) is 0 Å². The van der Waals surface area contributed by atoms with Gasteiger partial charge in [0.2, 0.25) is 0 Å². The molecule has 1 aliphatic heterocycles. The molecule has 0 aromatic heterocycles. The molecule has 4 aliphatic carbocycles. The summed E-state index contributed by atoms with van der Waals surface area (Å²) in [6.07, 6.45) is 25.0. The Balaban J connectivity index is 1.24. The van der Waals surface area contributed by atoms with Crippen LogP contribution in [0.2, 0.25) is 42.5 Å². The topological polar surface area (TPSA) is 18.5 Å². The van der Waals surface area contributed by atoms with Gasteiger partial charge in [0.15, 0.2) is 0 Å². The zero-order chi connectivity index (χ0) is 40.0. The van der Waals surface area contributed by atoms with Crippen LogP contribution in [0.4, 0.5) is 0 Å². The SMILES string of the molecule is CC1=CC2=C(C=CC=CC2c2ccc(O[Si](C)(C)C(C)(C)C)cc2)[C]12CC[C]1(C(C)=CC3=C1C=CC=CC3c1ccc(O[Si](C)(C)C(C)(C)C)cc1)[Zr]2([Cl])[Cl]. The van der Waals surface area contributed by atoms with Crippen LogP contribution in [0.25, 0.3) is 0 Å². The van der Waals surface area contributed by atoms with Crippen LogP contribution in [0.15, 0.2) is 143 Å². The Hall–Kier alpha value is -2.14. The van der Waals surface area contributed by atoms with Crippen molar-refractivity contribution in [1.29, 1.82) is 0 Å². The molecule has 4 atom stereocenters. The molecule has 1 fully saturated rings. The number of hydrogen-bond acceptors (Lipinski definition) is 2. The fourth-order valence-electron chi connectivity index (χ4n) is 9.15. The van der Waals surface area contributed by atoms with Gasteiger partial charge in [-0.25, -0.2) is 0 Å². The third-order valence-electron chi connectivity index (χ3n) is 14.4. The number of allylic oxidation sites excluding steroid dienone is 16. The maximum absolute atomic E-state index is 8.35. The summed E-state index contributed by atoms with van der Waals surface area (Å²) in [6, 6.07) is 17.7. The third-order valence-corrected chi connectivity index (χ3v) is 40.6. The van der Waals surface area contributed by atoms with Crippen molar-refractivity contribution in [2.24, 2.45) is 0 Å². The van der Waals surface area contributed by atoms with Crippen LogP contribution in [0.3, 0.4) is 0 Å². The van der Waals surface area contributed by atoms with E-state index in [0.29, 0.717) is 0 Å². The molecule has 55 heavy (non-hydrogen) atoms. The number of benzene rings is 2. The molecule has 0 bridgehead atoms. The van der Waals surface area contributed by atoms with Gasteiger partial charge in [-0.15, -0.1) is 0 Å². The summed E-state index contributed by atoms with van der Waals surface area (Å²) in [6.45, 7) is 27.5. The molecular weight excluding hydrogens is 827 g/mol. The van der Waals surface area contributed by atoms with E-state index in [1.54, 1.807) is 0 Å². The molecule has 0 N–H and O–H groups in total. The van der Waals surface area contributed by atoms with Gasteiger partial charge in [-0.3, -0.25) is 0 Å². The Morgan fingerprint density at radius 1 is 0.582 bits per heavy atom. The average molecular weight is 887 g/mol. The summed E-state index contributed by atoms with van der Waals surface area (Å²) in [5.41, 5.74) is 10.6. The van der Waals surface area contributed by atoms with Crippen LogP contribution < -0.4 is 8.85 Å². The second kappa shape index (κ2) is 14.0. The standard InChI is InChI=1S/C48H60O2Si2.2ClH.Zr/c1-33-31-45-41(35-21-25-37(26-22-35)49-51(9,10)47(3,4)5)17-13-15-19-43(45)39(33)29-30-40-34(2)32-46-42(18-14-16-20-44(40)46)36-23-27-38(28-24-36)50-52(11,12)48(6,7)8;;;/h13-28,31-32,41-42H,29-30H2,1-12H3;2*1H;/q;;;+2/p-2. The van der Waals surface area contributed by atoms with Gasteiger partial charge in [0.1, 0.15) is 0 Å². The van der Waals surface area contributed by atoms with Gasteiger partial charge in [-0.05, 0) is 0 Å². The first-order valence-corrected chi connectivity index (χ1v) is 34.7. The summed E-state index contributed by atoms with van der Waals surface area (Å²) in [5, 5.41) is 0.280. The number of fused-ring (bicyclic) bond motifs is 2. The summed E-state index contributed by atoms with van der Waals surface area (Å²) in [4.78, 5) is 0. The van der Waals surface area contributed by atoms with Crippen LogP contribution >= 0.6 is 17.0 Å². The molecule has 5 aliphatic rings. The van der Waals surface area contributed by atoms with Crippen molar-refractivity contribution in [1.82, 2.24) is 0 Å². The molecule has 1 saturated heterocycles. The molecule has 2 spiro atoms. The predicted octanol–water partition coefficient (Wildman–Crippen LogP) is 15.7. The van der Waals surface area contributed by atoms with Gasteiger partial charge < -0.3 is 0 Å². The minimum atomic E-state index is -4.30. The molecule has 7 heteroatoms. The van der Waals surface area contributed by atoms with Crippen LogP contribution in [0.1, 0.15) is 91.2 Å². The van der Waals surface area contributed by atoms with E-state index in [0.717, 1.165) is 24.3 Å². The van der Waals surface area contributed by atoms with Crippen LogP contribution in [0.5, 0.6) is 11.5 Å². The second-order valence-corrected chi connectivity index (χ2v) is 43.9. The zero-order valence-corrected chi connectivity index (χ0v) is 41.0. The molecule has 1 heterocycles. The zero-order valence-electron chi connectivity index (χ0n) is 35.0. The van der Waals surface area contributed by atoms with Gasteiger partial charge >= 0.3 is 348 Å². The monoisotopic (exact) mass is 884 g/mol. The first kappa shape index (κ1) is 41.0. The van der Waals surface area contributed by atoms with Crippen molar-refractivity contribution in [3.8, 4) is 11.5 Å². The molecule has 2 aromatic rings. The van der Waals surface area contributed by atoms with Crippen molar-refractivity contribution in [3.05, 3.63) is 154 Å². The van der Waals surface area contributed by atoms with Crippen LogP contribution in [0, 0.1) is 0 Å². The molecule has 0 radical (unpaired) electrons. The van der Waals surface area contributed by atoms with Crippen LogP contribution in [-0.2, 0) is 17.9 Å². The molecule has 4 unspecified atom stereocenters. The van der Waals surface area contributed by atoms with Crippen molar-refractivity contribution < 1.29 is 26.7 Å². The van der Waals surface area contributed by atoms with E-state index in [2.05, 4.69) is 191 Å². The third kappa shape index (κ3) is 6.50. The molecular formula is C48H60Cl2O2Si2Zr. The van der Waals surface area contributed by atoms with E-state index < -0.39 is 34.5 Å². The van der Waals surface area contributed by atoms with Crippen molar-refractivity contribution in [2.75, 3.05) is 0 Å². The maximum atomic E-state index is 8.35. The van der Waals surface area contributed by atoms with Crippen molar-refractivity contribution >= 4 is 33.7 Å². The van der Waals surface area contributed by atoms with Gasteiger partial charge in [-0.2, -0.15) is 0 Å². The van der Waals surface area contributed by atoms with E-state index in [1.807, 2.05) is 0 Å². The number of hydrogen-bond donors (Lipinski definition) is 0. The fraction of sp³-hybridized carbons (Fsp3) is 0.417. The average Bonchev–Trinajstić information content (AvgIpc) is 3.45. The van der Waals surface area contributed by atoms with Crippen molar-refractivity contribution in [2.45, 2.75) is 123 Å². The van der Waals surface area contributed by atoms with E-state index in [4.69, 9.17) is 25.9 Å². The summed E-state index contributed by atoms with van der Waals surface area (Å²) < 4.78 is 12.7. The molecule has 0 saturated carbocycles. The van der Waals surface area contributed by atoms with E-state index >= 15 is 0 Å². The van der Waals surface area contributed by atoms with Gasteiger partial charge in [0.05, 0.1) is 0 Å². The molecule has 0 amide bonds. The summed E-state index contributed by atoms with van der Waals surface area (Å²) in [7, 11) is 12.8. The van der Waals surface area contributed by atoms with Crippen LogP contribution in [-0.4, -0.2) is 16.6 Å².